The Morgan fingerprint density at radius 3 is 2.72 bits per heavy atom. The summed E-state index contributed by atoms with van der Waals surface area (Å²) in [5.41, 5.74) is 5.85. The van der Waals surface area contributed by atoms with Gasteiger partial charge in [0, 0.05) is 19.5 Å². The van der Waals surface area contributed by atoms with Crippen LogP contribution in [0.2, 0.25) is 5.02 Å². The van der Waals surface area contributed by atoms with Gasteiger partial charge in [0.2, 0.25) is 0 Å². The first-order valence-electron chi connectivity index (χ1n) is 5.45. The lowest BCUT2D eigenvalue weighted by Crippen LogP contribution is -2.37. The molecule has 0 aromatic heterocycles. The summed E-state index contributed by atoms with van der Waals surface area (Å²) >= 11 is 5.96. The third kappa shape index (κ3) is 3.37. The molecule has 0 spiro atoms. The van der Waals surface area contributed by atoms with Crippen LogP contribution >= 0.6 is 11.6 Å². The van der Waals surface area contributed by atoms with Crippen LogP contribution in [0.25, 0.3) is 0 Å². The first kappa shape index (κ1) is 14.3. The fourth-order valence-electron chi connectivity index (χ4n) is 1.51. The average Bonchev–Trinajstić information content (AvgIpc) is 2.37. The molecule has 0 bridgehead atoms. The number of benzene rings is 1. The topological polar surface area (TPSA) is 78.9 Å². The number of halogens is 1. The second-order valence-corrected chi connectivity index (χ2v) is 4.45. The van der Waals surface area contributed by atoms with Crippen LogP contribution in [-0.4, -0.2) is 34.9 Å². The van der Waals surface area contributed by atoms with Gasteiger partial charge in [0.1, 0.15) is 5.84 Å². The van der Waals surface area contributed by atoms with E-state index in [-0.39, 0.29) is 17.8 Å². The zero-order valence-electron chi connectivity index (χ0n) is 10.3. The van der Waals surface area contributed by atoms with E-state index in [2.05, 4.69) is 5.16 Å². The predicted molar refractivity (Wildman–Crippen MR) is 71.0 cm³/mol. The molecule has 0 fully saturated rings. The van der Waals surface area contributed by atoms with Gasteiger partial charge in [0.25, 0.3) is 5.91 Å². The Kier molecular flexibility index (Phi) is 4.97. The number of hydrogen-bond donors (Lipinski definition) is 2. The Bertz CT molecular complexity index is 462. The number of hydrogen-bond acceptors (Lipinski definition) is 3. The van der Waals surface area contributed by atoms with Crippen molar-refractivity contribution < 1.29 is 10.0 Å². The van der Waals surface area contributed by atoms with Gasteiger partial charge in [-0.05, 0) is 19.1 Å². The Morgan fingerprint density at radius 2 is 2.17 bits per heavy atom. The number of amidine groups is 1. The Morgan fingerprint density at radius 1 is 1.56 bits per heavy atom. The first-order valence-corrected chi connectivity index (χ1v) is 5.83. The standard InChI is InChI=1S/C12H16ClN3O2/c1-8(7-11(14)15-18)16(2)12(17)9-5-3-4-6-10(9)13/h3-6,8,18H,7H2,1-2H3,(H2,14,15). The molecule has 98 valence electrons. The third-order valence-electron chi connectivity index (χ3n) is 2.72. The van der Waals surface area contributed by atoms with Crippen LogP contribution < -0.4 is 5.73 Å². The first-order chi connectivity index (χ1) is 8.47. The minimum absolute atomic E-state index is 0.0845. The number of amides is 1. The molecule has 1 amide bonds. The van der Waals surface area contributed by atoms with Gasteiger partial charge in [-0.1, -0.05) is 28.9 Å². The maximum absolute atomic E-state index is 12.2. The van der Waals surface area contributed by atoms with E-state index in [9.17, 15) is 4.79 Å². The van der Waals surface area contributed by atoms with Crippen molar-refractivity contribution in [3.8, 4) is 0 Å². The second-order valence-electron chi connectivity index (χ2n) is 4.04. The summed E-state index contributed by atoms with van der Waals surface area (Å²) in [6, 6.07) is 6.65. The molecule has 5 nitrogen and oxygen atoms in total. The summed E-state index contributed by atoms with van der Waals surface area (Å²) in [5, 5.41) is 11.8. The minimum atomic E-state index is -0.196. The van der Waals surface area contributed by atoms with Crippen molar-refractivity contribution in [1.82, 2.24) is 4.90 Å². The lowest BCUT2D eigenvalue weighted by molar-refractivity contribution is 0.0747. The number of carbonyl (C=O) groups excluding carboxylic acids is 1. The molecule has 1 unspecified atom stereocenters. The summed E-state index contributed by atoms with van der Waals surface area (Å²) < 4.78 is 0. The molecule has 1 rings (SSSR count). The maximum Gasteiger partial charge on any atom is 0.255 e. The lowest BCUT2D eigenvalue weighted by atomic mass is 10.1. The molecule has 0 heterocycles. The molecule has 0 aliphatic heterocycles. The van der Waals surface area contributed by atoms with Crippen molar-refractivity contribution in [1.29, 1.82) is 0 Å². The Balaban J connectivity index is 2.81. The van der Waals surface area contributed by atoms with Gasteiger partial charge in [-0.2, -0.15) is 0 Å². The molecule has 0 saturated heterocycles. The van der Waals surface area contributed by atoms with Crippen LogP contribution in [0.1, 0.15) is 23.7 Å². The van der Waals surface area contributed by atoms with Gasteiger partial charge < -0.3 is 15.8 Å². The van der Waals surface area contributed by atoms with Gasteiger partial charge in [0.15, 0.2) is 0 Å². The molecular weight excluding hydrogens is 254 g/mol. The van der Waals surface area contributed by atoms with Crippen molar-refractivity contribution in [2.24, 2.45) is 10.9 Å². The van der Waals surface area contributed by atoms with Gasteiger partial charge in [-0.25, -0.2) is 0 Å². The van der Waals surface area contributed by atoms with Gasteiger partial charge in [-0.3, -0.25) is 4.79 Å². The highest BCUT2D eigenvalue weighted by molar-refractivity contribution is 6.33. The van der Waals surface area contributed by atoms with Crippen LogP contribution in [-0.2, 0) is 0 Å². The number of rotatable bonds is 4. The predicted octanol–water partition coefficient (Wildman–Crippen LogP) is 1.94. The molecular formula is C12H16ClN3O2. The van der Waals surface area contributed by atoms with E-state index in [0.29, 0.717) is 17.0 Å². The van der Waals surface area contributed by atoms with E-state index in [0.717, 1.165) is 0 Å². The van der Waals surface area contributed by atoms with Crippen molar-refractivity contribution in [3.05, 3.63) is 34.9 Å². The van der Waals surface area contributed by atoms with Crippen molar-refractivity contribution in [2.45, 2.75) is 19.4 Å². The molecule has 0 aliphatic carbocycles. The lowest BCUT2D eigenvalue weighted by Gasteiger charge is -2.24. The summed E-state index contributed by atoms with van der Waals surface area (Å²) in [7, 11) is 1.65. The van der Waals surface area contributed by atoms with Crippen molar-refractivity contribution >= 4 is 23.3 Å². The average molecular weight is 270 g/mol. The third-order valence-corrected chi connectivity index (χ3v) is 3.05. The Labute approximate surface area is 111 Å². The van der Waals surface area contributed by atoms with E-state index in [1.165, 1.54) is 4.90 Å². The van der Waals surface area contributed by atoms with E-state index < -0.39 is 0 Å². The number of nitrogens with zero attached hydrogens (tertiary/aromatic N) is 2. The quantitative estimate of drug-likeness (QED) is 0.379. The van der Waals surface area contributed by atoms with E-state index in [1.54, 1.807) is 31.3 Å². The number of nitrogens with two attached hydrogens (primary N) is 1. The molecule has 1 aromatic rings. The van der Waals surface area contributed by atoms with Crippen LogP contribution in [0.3, 0.4) is 0 Å². The van der Waals surface area contributed by atoms with Gasteiger partial charge in [-0.15, -0.1) is 0 Å². The fourth-order valence-corrected chi connectivity index (χ4v) is 1.72. The van der Waals surface area contributed by atoms with Crippen LogP contribution in [0, 0.1) is 0 Å². The summed E-state index contributed by atoms with van der Waals surface area (Å²) in [5.74, 6) is -0.111. The summed E-state index contributed by atoms with van der Waals surface area (Å²) in [6.07, 6.45) is 0.295. The van der Waals surface area contributed by atoms with Crippen LogP contribution in [0.4, 0.5) is 0 Å². The second kappa shape index (κ2) is 6.26. The van der Waals surface area contributed by atoms with Gasteiger partial charge >= 0.3 is 0 Å². The maximum atomic E-state index is 12.2. The molecule has 1 aromatic carbocycles. The highest BCUT2D eigenvalue weighted by Crippen LogP contribution is 2.18. The normalized spacial score (nSPS) is 13.2. The molecule has 18 heavy (non-hydrogen) atoms. The Hall–Kier alpha value is -1.75. The van der Waals surface area contributed by atoms with Gasteiger partial charge in [0.05, 0.1) is 10.6 Å². The van der Waals surface area contributed by atoms with E-state index in [1.807, 2.05) is 6.92 Å². The molecule has 0 aliphatic rings. The monoisotopic (exact) mass is 269 g/mol. The highest BCUT2D eigenvalue weighted by Gasteiger charge is 2.20. The smallest absolute Gasteiger partial charge is 0.255 e. The van der Waals surface area contributed by atoms with Crippen molar-refractivity contribution in [2.75, 3.05) is 7.05 Å². The fraction of sp³-hybridized carbons (Fsp3) is 0.333. The minimum Gasteiger partial charge on any atom is -0.409 e. The molecule has 0 radical (unpaired) electrons. The highest BCUT2D eigenvalue weighted by atomic mass is 35.5. The van der Waals surface area contributed by atoms with E-state index >= 15 is 0 Å². The molecule has 3 N–H and O–H groups in total. The number of oxime groups is 1. The zero-order valence-corrected chi connectivity index (χ0v) is 11.1. The zero-order chi connectivity index (χ0) is 13.7. The number of carbonyl (C=O) groups is 1. The largest absolute Gasteiger partial charge is 0.409 e. The molecule has 1 atom stereocenters. The summed E-state index contributed by atoms with van der Waals surface area (Å²) in [4.78, 5) is 13.7. The van der Waals surface area contributed by atoms with Crippen molar-refractivity contribution in [3.63, 3.8) is 0 Å². The van der Waals surface area contributed by atoms with Crippen LogP contribution in [0.5, 0.6) is 0 Å². The SMILES string of the molecule is CC(C/C(N)=N/O)N(C)C(=O)c1ccccc1Cl. The molecule has 0 saturated carbocycles. The van der Waals surface area contributed by atoms with Crippen LogP contribution in [0.15, 0.2) is 29.4 Å². The molecule has 6 heteroatoms. The van der Waals surface area contributed by atoms with E-state index in [4.69, 9.17) is 22.5 Å². The summed E-state index contributed by atoms with van der Waals surface area (Å²) in [6.45, 7) is 1.81.